The Morgan fingerprint density at radius 2 is 1.95 bits per heavy atom. The average Bonchev–Trinajstić information content (AvgIpc) is 2.70. The van der Waals surface area contributed by atoms with E-state index in [2.05, 4.69) is 31.1 Å². The molecule has 1 amide bonds. The van der Waals surface area contributed by atoms with Gasteiger partial charge in [-0.3, -0.25) is 9.78 Å². The number of nitrogens with zero attached hydrogens (tertiary/aromatic N) is 1. The molecule has 20 heavy (non-hydrogen) atoms. The van der Waals surface area contributed by atoms with Gasteiger partial charge in [0.25, 0.3) is 0 Å². The number of hydrogen-bond donors (Lipinski definition) is 2. The fourth-order valence-electron chi connectivity index (χ4n) is 4.32. The normalized spacial score (nSPS) is 37.9. The number of aromatic nitrogens is 1. The summed E-state index contributed by atoms with van der Waals surface area (Å²) < 4.78 is 0. The van der Waals surface area contributed by atoms with Gasteiger partial charge < -0.3 is 10.4 Å². The summed E-state index contributed by atoms with van der Waals surface area (Å²) in [6.45, 7) is 6.37. The molecule has 2 bridgehead atoms. The standard InChI is InChI=1S/C16H22N2O2/c1-14(2)15(3)6-7-16(14,10-12(15)19)13(20)18-11-4-8-17-9-5-11/h4-5,8-9,12,19H,6-7,10H2,1-3H3,(H,17,18,20)/t12-,15-,16+/m1/s1. The second kappa shape index (κ2) is 4.04. The van der Waals surface area contributed by atoms with Crippen molar-refractivity contribution in [1.82, 2.24) is 4.98 Å². The van der Waals surface area contributed by atoms with Crippen LogP contribution in [0.1, 0.15) is 40.0 Å². The van der Waals surface area contributed by atoms with Crippen LogP contribution < -0.4 is 5.32 Å². The zero-order chi connectivity index (χ0) is 14.6. The van der Waals surface area contributed by atoms with E-state index < -0.39 is 11.5 Å². The van der Waals surface area contributed by atoms with E-state index in [1.165, 1.54) is 0 Å². The SMILES string of the molecule is CC1(C)[C@@]2(C(=O)Nc3ccncc3)CC[C@]1(C)[C@H](O)C2. The second-order valence-electron chi connectivity index (χ2n) is 7.03. The Morgan fingerprint density at radius 3 is 2.45 bits per heavy atom. The van der Waals surface area contributed by atoms with Gasteiger partial charge in [0.05, 0.1) is 11.5 Å². The molecule has 0 aromatic carbocycles. The van der Waals surface area contributed by atoms with Crippen molar-refractivity contribution in [2.45, 2.75) is 46.1 Å². The van der Waals surface area contributed by atoms with E-state index in [1.54, 1.807) is 24.5 Å². The van der Waals surface area contributed by atoms with Gasteiger partial charge in [0, 0.05) is 18.1 Å². The highest BCUT2D eigenvalue weighted by molar-refractivity contribution is 5.96. The molecule has 2 saturated carbocycles. The van der Waals surface area contributed by atoms with Gasteiger partial charge in [-0.2, -0.15) is 0 Å². The van der Waals surface area contributed by atoms with Crippen LogP contribution in [0.3, 0.4) is 0 Å². The van der Waals surface area contributed by atoms with E-state index in [9.17, 15) is 9.90 Å². The van der Waals surface area contributed by atoms with Gasteiger partial charge in [-0.1, -0.05) is 20.8 Å². The Morgan fingerprint density at radius 1 is 1.30 bits per heavy atom. The minimum absolute atomic E-state index is 0.0361. The molecular weight excluding hydrogens is 252 g/mol. The molecule has 3 atom stereocenters. The summed E-state index contributed by atoms with van der Waals surface area (Å²) in [5.74, 6) is 0.0361. The Labute approximate surface area is 119 Å². The Balaban J connectivity index is 1.92. The molecule has 0 radical (unpaired) electrons. The molecule has 0 aliphatic heterocycles. The summed E-state index contributed by atoms with van der Waals surface area (Å²) >= 11 is 0. The summed E-state index contributed by atoms with van der Waals surface area (Å²) in [5, 5.41) is 13.4. The zero-order valence-corrected chi connectivity index (χ0v) is 12.3. The number of anilines is 1. The predicted molar refractivity (Wildman–Crippen MR) is 77.0 cm³/mol. The summed E-state index contributed by atoms with van der Waals surface area (Å²) in [6.07, 6.45) is 5.26. The lowest BCUT2D eigenvalue weighted by molar-refractivity contribution is -0.130. The lowest BCUT2D eigenvalue weighted by atomic mass is 9.64. The lowest BCUT2D eigenvalue weighted by Gasteiger charge is -2.40. The Kier molecular flexibility index (Phi) is 2.74. The highest BCUT2D eigenvalue weighted by atomic mass is 16.3. The van der Waals surface area contributed by atoms with Crippen molar-refractivity contribution in [3.05, 3.63) is 24.5 Å². The van der Waals surface area contributed by atoms with Crippen LogP contribution in [0, 0.1) is 16.2 Å². The van der Waals surface area contributed by atoms with Crippen molar-refractivity contribution in [1.29, 1.82) is 0 Å². The molecule has 3 rings (SSSR count). The smallest absolute Gasteiger partial charge is 0.231 e. The first-order valence-electron chi connectivity index (χ1n) is 7.23. The first kappa shape index (κ1) is 13.6. The Hall–Kier alpha value is -1.42. The zero-order valence-electron chi connectivity index (χ0n) is 12.3. The summed E-state index contributed by atoms with van der Waals surface area (Å²) in [4.78, 5) is 16.8. The third kappa shape index (κ3) is 1.46. The van der Waals surface area contributed by atoms with Crippen LogP contribution >= 0.6 is 0 Å². The molecule has 1 aromatic rings. The van der Waals surface area contributed by atoms with Crippen LogP contribution in [0.2, 0.25) is 0 Å². The van der Waals surface area contributed by atoms with Crippen molar-refractivity contribution in [2.75, 3.05) is 5.32 Å². The minimum Gasteiger partial charge on any atom is -0.393 e. The van der Waals surface area contributed by atoms with E-state index in [-0.39, 0.29) is 16.7 Å². The fourth-order valence-corrected chi connectivity index (χ4v) is 4.32. The topological polar surface area (TPSA) is 62.2 Å². The van der Waals surface area contributed by atoms with E-state index in [0.29, 0.717) is 6.42 Å². The van der Waals surface area contributed by atoms with Gasteiger partial charge in [0.1, 0.15) is 0 Å². The van der Waals surface area contributed by atoms with Crippen LogP contribution in [0.25, 0.3) is 0 Å². The number of amides is 1. The summed E-state index contributed by atoms with van der Waals surface area (Å²) in [7, 11) is 0. The number of nitrogens with one attached hydrogen (secondary N) is 1. The molecule has 1 aromatic heterocycles. The van der Waals surface area contributed by atoms with Gasteiger partial charge in [0.2, 0.25) is 5.91 Å². The maximum absolute atomic E-state index is 12.9. The molecule has 4 nitrogen and oxygen atoms in total. The van der Waals surface area contributed by atoms with Crippen LogP contribution in [0.5, 0.6) is 0 Å². The molecule has 108 valence electrons. The van der Waals surface area contributed by atoms with Crippen molar-refractivity contribution in [2.24, 2.45) is 16.2 Å². The number of aliphatic hydroxyl groups excluding tert-OH is 1. The first-order valence-corrected chi connectivity index (χ1v) is 7.23. The minimum atomic E-state index is -0.468. The average molecular weight is 274 g/mol. The number of aliphatic hydroxyl groups is 1. The third-order valence-electron chi connectivity index (χ3n) is 6.35. The second-order valence-corrected chi connectivity index (χ2v) is 7.03. The monoisotopic (exact) mass is 274 g/mol. The number of fused-ring (bicyclic) bond motifs is 2. The molecule has 2 aliphatic rings. The number of rotatable bonds is 2. The molecule has 0 saturated heterocycles. The van der Waals surface area contributed by atoms with Crippen molar-refractivity contribution in [3.63, 3.8) is 0 Å². The van der Waals surface area contributed by atoms with Gasteiger partial charge in [-0.25, -0.2) is 0 Å². The predicted octanol–water partition coefficient (Wildman–Crippen LogP) is 2.60. The molecule has 2 fully saturated rings. The van der Waals surface area contributed by atoms with Crippen LogP contribution in [-0.4, -0.2) is 22.1 Å². The maximum atomic E-state index is 12.9. The van der Waals surface area contributed by atoms with E-state index in [1.807, 2.05) is 0 Å². The van der Waals surface area contributed by atoms with Crippen LogP contribution in [0.4, 0.5) is 5.69 Å². The molecule has 2 N–H and O–H groups in total. The number of pyridine rings is 1. The molecule has 4 heteroatoms. The van der Waals surface area contributed by atoms with Gasteiger partial charge >= 0.3 is 0 Å². The Bertz CT molecular complexity index is 543. The summed E-state index contributed by atoms with van der Waals surface area (Å²) in [5.41, 5.74) is -0.0611. The largest absolute Gasteiger partial charge is 0.393 e. The molecule has 1 heterocycles. The van der Waals surface area contributed by atoms with E-state index >= 15 is 0 Å². The van der Waals surface area contributed by atoms with Crippen LogP contribution in [0.15, 0.2) is 24.5 Å². The molecule has 0 unspecified atom stereocenters. The van der Waals surface area contributed by atoms with Crippen molar-refractivity contribution >= 4 is 11.6 Å². The third-order valence-corrected chi connectivity index (χ3v) is 6.35. The molecule has 0 spiro atoms. The van der Waals surface area contributed by atoms with E-state index in [0.717, 1.165) is 18.5 Å². The van der Waals surface area contributed by atoms with Gasteiger partial charge in [-0.05, 0) is 42.2 Å². The summed E-state index contributed by atoms with van der Waals surface area (Å²) in [6, 6.07) is 3.59. The lowest BCUT2D eigenvalue weighted by Crippen LogP contribution is -2.43. The maximum Gasteiger partial charge on any atom is 0.231 e. The van der Waals surface area contributed by atoms with E-state index in [4.69, 9.17) is 0 Å². The highest BCUT2D eigenvalue weighted by Crippen LogP contribution is 2.72. The van der Waals surface area contributed by atoms with Crippen molar-refractivity contribution < 1.29 is 9.90 Å². The van der Waals surface area contributed by atoms with Crippen LogP contribution in [-0.2, 0) is 4.79 Å². The number of carbonyl (C=O) groups excluding carboxylic acids is 1. The van der Waals surface area contributed by atoms with Gasteiger partial charge in [0.15, 0.2) is 0 Å². The fraction of sp³-hybridized carbons (Fsp3) is 0.625. The highest BCUT2D eigenvalue weighted by Gasteiger charge is 2.72. The number of hydrogen-bond acceptors (Lipinski definition) is 3. The van der Waals surface area contributed by atoms with Gasteiger partial charge in [-0.15, -0.1) is 0 Å². The molecule has 2 aliphatic carbocycles. The quantitative estimate of drug-likeness (QED) is 0.871. The van der Waals surface area contributed by atoms with Crippen molar-refractivity contribution in [3.8, 4) is 0 Å². The molecular formula is C16H22N2O2. The first-order chi connectivity index (χ1) is 9.33. The number of carbonyl (C=O) groups is 1.